The van der Waals surface area contributed by atoms with Gasteiger partial charge < -0.3 is 11.5 Å². The Morgan fingerprint density at radius 1 is 0.837 bits per heavy atom. The van der Waals surface area contributed by atoms with Gasteiger partial charge in [-0.05, 0) is 28.3 Å². The van der Waals surface area contributed by atoms with Crippen LogP contribution in [0.15, 0.2) is 46.7 Å². The van der Waals surface area contributed by atoms with Crippen LogP contribution >= 0.6 is 11.8 Å². The Hall–Kier alpha value is -5.04. The van der Waals surface area contributed by atoms with Crippen molar-refractivity contribution in [3.63, 3.8) is 0 Å². The Kier molecular flexibility index (Phi) is 8.26. The third-order valence-corrected chi connectivity index (χ3v) is 8.44. The van der Waals surface area contributed by atoms with Crippen molar-refractivity contribution in [3.8, 4) is 22.8 Å². The zero-order valence-corrected chi connectivity index (χ0v) is 25.1. The molecule has 0 aliphatic carbocycles. The van der Waals surface area contributed by atoms with Gasteiger partial charge in [0.1, 0.15) is 0 Å². The molecule has 0 radical (unpaired) electrons. The van der Waals surface area contributed by atoms with Gasteiger partial charge in [0.05, 0.1) is 64.3 Å². The van der Waals surface area contributed by atoms with Crippen LogP contribution in [0.5, 0.6) is 0 Å². The van der Waals surface area contributed by atoms with Gasteiger partial charge in [-0.3, -0.25) is 13.8 Å². The molecule has 6 rings (SSSR count). The molecule has 0 fully saturated rings. The summed E-state index contributed by atoms with van der Waals surface area (Å²) in [7, 11) is 2.00. The van der Waals surface area contributed by atoms with Crippen molar-refractivity contribution in [2.24, 2.45) is 25.6 Å². The van der Waals surface area contributed by atoms with Crippen LogP contribution in [-0.2, 0) is 24.9 Å². The molecule has 19 heteroatoms. The molecule has 222 valence electrons. The normalized spacial score (nSPS) is 11.9. The average Bonchev–Trinajstić information content (AvgIpc) is 3.78. The molecule has 0 saturated carbocycles. The van der Waals surface area contributed by atoms with Crippen molar-refractivity contribution in [1.29, 1.82) is 0 Å². The summed E-state index contributed by atoms with van der Waals surface area (Å²) in [5, 5.41) is 32.1. The van der Waals surface area contributed by atoms with Crippen LogP contribution in [0.2, 0.25) is 0 Å². The number of carbonyl (C=O) groups is 2. The van der Waals surface area contributed by atoms with E-state index in [2.05, 4.69) is 41.0 Å². The van der Waals surface area contributed by atoms with Gasteiger partial charge >= 0.3 is 0 Å². The SMILES string of the molecule is CCS(=O)c1c(C(N)=O)cnn2cc(-c3nnn(C)n3)cc12.CCSc1c(C(N)=O)cnn2cc(-c3nnn(C)n3)cc12. The first kappa shape index (κ1) is 29.5. The summed E-state index contributed by atoms with van der Waals surface area (Å²) < 4.78 is 15.5. The van der Waals surface area contributed by atoms with E-state index in [1.807, 2.05) is 13.0 Å². The molecule has 0 spiro atoms. The van der Waals surface area contributed by atoms with Crippen molar-refractivity contribution in [2.75, 3.05) is 11.5 Å². The quantitative estimate of drug-likeness (QED) is 0.221. The molecule has 17 nitrogen and oxygen atoms in total. The number of aryl methyl sites for hydroxylation is 2. The van der Waals surface area contributed by atoms with Crippen LogP contribution in [0, 0.1) is 0 Å². The number of nitrogens with zero attached hydrogens (tertiary/aromatic N) is 12. The van der Waals surface area contributed by atoms with Gasteiger partial charge in [-0.1, -0.05) is 13.8 Å². The standard InChI is InChI=1S/C12H13N7O2S.C12H13N7OS/c1-3-22(21)10-8(11(13)20)5-14-19-6-7(4-9(10)19)12-15-17-18(2)16-12;1-3-21-10-8(11(13)20)5-14-19-6-7(4-9(10)19)12-15-17-18(2)16-12/h4-6H,3H2,1-2H3,(H2,13,20);4-6H,3H2,1-2H3,(H2,13,20). The highest BCUT2D eigenvalue weighted by Gasteiger charge is 2.20. The molecule has 2 amide bonds. The van der Waals surface area contributed by atoms with Crippen LogP contribution in [0.4, 0.5) is 0 Å². The van der Waals surface area contributed by atoms with Gasteiger partial charge in [0.2, 0.25) is 11.6 Å². The maximum absolute atomic E-state index is 12.3. The molecule has 43 heavy (non-hydrogen) atoms. The lowest BCUT2D eigenvalue weighted by Crippen LogP contribution is -2.16. The van der Waals surface area contributed by atoms with E-state index in [0.29, 0.717) is 38.9 Å². The fraction of sp³-hybridized carbons (Fsp3) is 0.250. The molecule has 6 heterocycles. The van der Waals surface area contributed by atoms with E-state index in [1.165, 1.54) is 26.5 Å². The third-order valence-electron chi connectivity index (χ3n) is 6.02. The largest absolute Gasteiger partial charge is 0.366 e. The second-order valence-corrected chi connectivity index (χ2v) is 11.8. The number of fused-ring (bicyclic) bond motifs is 2. The topological polar surface area (TPSA) is 225 Å². The molecule has 0 saturated heterocycles. The van der Waals surface area contributed by atoms with E-state index in [4.69, 9.17) is 11.5 Å². The lowest BCUT2D eigenvalue weighted by atomic mass is 10.2. The van der Waals surface area contributed by atoms with E-state index in [9.17, 15) is 13.8 Å². The maximum atomic E-state index is 12.3. The minimum absolute atomic E-state index is 0.157. The van der Waals surface area contributed by atoms with Crippen LogP contribution in [0.25, 0.3) is 33.8 Å². The van der Waals surface area contributed by atoms with Gasteiger partial charge in [-0.15, -0.1) is 32.2 Å². The molecule has 0 aromatic carbocycles. The second-order valence-electron chi connectivity index (χ2n) is 8.89. The number of thioether (sulfide) groups is 1. The van der Waals surface area contributed by atoms with Gasteiger partial charge in [-0.2, -0.15) is 19.8 Å². The number of primary amides is 2. The Bertz CT molecular complexity index is 2010. The fourth-order valence-corrected chi connectivity index (χ4v) is 6.11. The average molecular weight is 623 g/mol. The molecule has 6 aromatic heterocycles. The maximum Gasteiger partial charge on any atom is 0.251 e. The second kappa shape index (κ2) is 12.1. The van der Waals surface area contributed by atoms with Crippen molar-refractivity contribution in [1.82, 2.24) is 59.6 Å². The summed E-state index contributed by atoms with van der Waals surface area (Å²) in [4.78, 5) is 27.0. The zero-order chi connectivity index (χ0) is 30.8. The van der Waals surface area contributed by atoms with Crippen LogP contribution in [0.1, 0.15) is 34.6 Å². The van der Waals surface area contributed by atoms with E-state index in [1.54, 1.807) is 55.8 Å². The number of rotatable bonds is 8. The molecule has 0 aliphatic heterocycles. The van der Waals surface area contributed by atoms with Gasteiger partial charge in [-0.25, -0.2) is 9.03 Å². The number of hydrogen-bond acceptors (Lipinski definition) is 12. The number of amides is 2. The fourth-order valence-electron chi connectivity index (χ4n) is 4.14. The molecular formula is C24H26N14O3S2. The lowest BCUT2D eigenvalue weighted by molar-refractivity contribution is 0.0988. The van der Waals surface area contributed by atoms with Crippen molar-refractivity contribution < 1.29 is 13.8 Å². The Labute approximate surface area is 250 Å². The molecule has 0 bridgehead atoms. The minimum Gasteiger partial charge on any atom is -0.366 e. The Morgan fingerprint density at radius 3 is 1.81 bits per heavy atom. The first-order valence-corrected chi connectivity index (χ1v) is 15.0. The van der Waals surface area contributed by atoms with E-state index in [0.717, 1.165) is 21.7 Å². The monoisotopic (exact) mass is 622 g/mol. The number of aromatic nitrogens is 12. The summed E-state index contributed by atoms with van der Waals surface area (Å²) in [5.41, 5.74) is 14.2. The first-order valence-electron chi connectivity index (χ1n) is 12.7. The van der Waals surface area contributed by atoms with Crippen LogP contribution in [0.3, 0.4) is 0 Å². The molecule has 0 aliphatic rings. The number of carbonyl (C=O) groups excluding carboxylic acids is 2. The summed E-state index contributed by atoms with van der Waals surface area (Å²) in [6.07, 6.45) is 6.30. The Morgan fingerprint density at radius 2 is 1.35 bits per heavy atom. The number of nitrogens with two attached hydrogens (primary N) is 2. The number of hydrogen-bond donors (Lipinski definition) is 2. The highest BCUT2D eigenvalue weighted by molar-refractivity contribution is 7.99. The van der Waals surface area contributed by atoms with Crippen molar-refractivity contribution in [3.05, 3.63) is 48.0 Å². The smallest absolute Gasteiger partial charge is 0.251 e. The highest BCUT2D eigenvalue weighted by Crippen LogP contribution is 2.30. The molecule has 1 atom stereocenters. The summed E-state index contributed by atoms with van der Waals surface area (Å²) in [5.74, 6) is 0.972. The van der Waals surface area contributed by atoms with Gasteiger partial charge in [0, 0.05) is 34.2 Å². The van der Waals surface area contributed by atoms with Crippen LogP contribution < -0.4 is 11.5 Å². The highest BCUT2D eigenvalue weighted by atomic mass is 32.2. The molecule has 4 N–H and O–H groups in total. The minimum atomic E-state index is -1.36. The summed E-state index contributed by atoms with van der Waals surface area (Å²) in [6, 6.07) is 3.60. The lowest BCUT2D eigenvalue weighted by Gasteiger charge is -2.07. The van der Waals surface area contributed by atoms with Crippen molar-refractivity contribution in [2.45, 2.75) is 23.6 Å². The predicted molar refractivity (Wildman–Crippen MR) is 156 cm³/mol. The van der Waals surface area contributed by atoms with Crippen molar-refractivity contribution >= 4 is 45.4 Å². The number of tetrazole rings is 2. The molecule has 6 aromatic rings. The van der Waals surface area contributed by atoms with Crippen LogP contribution in [-0.4, -0.2) is 87.2 Å². The van der Waals surface area contributed by atoms with E-state index < -0.39 is 22.6 Å². The van der Waals surface area contributed by atoms with E-state index in [-0.39, 0.29) is 5.56 Å². The molecular weight excluding hydrogens is 596 g/mol. The Balaban J connectivity index is 0.000000171. The van der Waals surface area contributed by atoms with Gasteiger partial charge in [0.25, 0.3) is 11.8 Å². The summed E-state index contributed by atoms with van der Waals surface area (Å²) in [6.45, 7) is 3.78. The zero-order valence-electron chi connectivity index (χ0n) is 23.4. The first-order chi connectivity index (χ1) is 20.6. The predicted octanol–water partition coefficient (Wildman–Crippen LogP) is 0.487. The summed E-state index contributed by atoms with van der Waals surface area (Å²) >= 11 is 1.55. The molecule has 1 unspecified atom stereocenters. The van der Waals surface area contributed by atoms with E-state index >= 15 is 0 Å². The van der Waals surface area contributed by atoms with Gasteiger partial charge in [0.15, 0.2) is 0 Å². The third kappa shape index (κ3) is 5.84.